The third-order valence-electron chi connectivity index (χ3n) is 6.37. The number of aromatic amines is 2. The average molecular weight is 546 g/mol. The monoisotopic (exact) mass is 546 g/mol. The van der Waals surface area contributed by atoms with E-state index in [1.54, 1.807) is 0 Å². The Balaban J connectivity index is 1.56. The first-order valence-corrected chi connectivity index (χ1v) is 11.2. The molecule has 4 heterocycles. The lowest BCUT2D eigenvalue weighted by Gasteiger charge is -2.30. The molecule has 0 unspecified atom stereocenters. The minimum absolute atomic E-state index is 0.691. The summed E-state index contributed by atoms with van der Waals surface area (Å²) in [7, 11) is 0. The van der Waals surface area contributed by atoms with Crippen molar-refractivity contribution >= 4 is 6.16 Å². The second-order valence-electron chi connectivity index (χ2n) is 9.08. The molecule has 0 aromatic carbocycles. The fourth-order valence-corrected chi connectivity index (χ4v) is 4.54. The molecule has 15 nitrogen and oxygen atoms in total. The molecule has 0 bridgehead atoms. The molecule has 2 fully saturated rings. The molecule has 2 aromatic rings. The quantitative estimate of drug-likeness (QED) is 0.298. The number of hydrogen-bond acceptors (Lipinski definition) is 11. The normalized spacial score (nSPS) is 34.8. The Morgan fingerprint density at radius 1 is 0.868 bits per heavy atom. The second kappa shape index (κ2) is 9.90. The van der Waals surface area contributed by atoms with E-state index >= 15 is 8.78 Å². The Hall–Kier alpha value is -3.67. The lowest BCUT2D eigenvalue weighted by Crippen LogP contribution is -2.48. The maximum Gasteiger partial charge on any atom is 0.509 e. The highest BCUT2D eigenvalue weighted by atomic mass is 19.1. The number of nitrogens with one attached hydrogen (secondary N) is 2. The molecule has 0 amide bonds. The molecule has 0 aliphatic carbocycles. The van der Waals surface area contributed by atoms with E-state index in [2.05, 4.69) is 0 Å². The molecule has 0 saturated carbocycles. The number of ether oxygens (including phenoxy) is 4. The fourth-order valence-electron chi connectivity index (χ4n) is 4.54. The minimum atomic E-state index is -2.66. The van der Waals surface area contributed by atoms with Crippen LogP contribution < -0.4 is 22.5 Å². The van der Waals surface area contributed by atoms with Crippen LogP contribution in [0, 0.1) is 0 Å². The van der Waals surface area contributed by atoms with Gasteiger partial charge in [-0.15, -0.1) is 0 Å². The van der Waals surface area contributed by atoms with Gasteiger partial charge in [0.1, 0.15) is 12.2 Å². The maximum atomic E-state index is 15.8. The molecule has 2 aliphatic rings. The Morgan fingerprint density at radius 3 is 1.55 bits per heavy atom. The van der Waals surface area contributed by atoms with Crippen LogP contribution >= 0.6 is 0 Å². The van der Waals surface area contributed by atoms with E-state index in [-0.39, 0.29) is 0 Å². The van der Waals surface area contributed by atoms with Gasteiger partial charge in [-0.25, -0.2) is 23.2 Å². The topological polar surface area (TPSA) is 204 Å². The lowest BCUT2D eigenvalue weighted by molar-refractivity contribution is -0.0869. The predicted octanol–water partition coefficient (Wildman–Crippen LogP) is -1.79. The highest BCUT2D eigenvalue weighted by molar-refractivity contribution is 5.61. The van der Waals surface area contributed by atoms with Crippen LogP contribution in [0.2, 0.25) is 0 Å². The molecule has 0 radical (unpaired) electrons. The van der Waals surface area contributed by atoms with Crippen molar-refractivity contribution in [1.82, 2.24) is 19.1 Å². The molecular formula is C21H24F2N4O11. The first kappa shape index (κ1) is 27.4. The number of aliphatic hydroxyl groups excluding tert-OH is 2. The third-order valence-corrected chi connectivity index (χ3v) is 6.37. The summed E-state index contributed by atoms with van der Waals surface area (Å²) in [5, 5.41) is 19.3. The van der Waals surface area contributed by atoms with E-state index in [1.807, 2.05) is 9.97 Å². The highest BCUT2D eigenvalue weighted by Gasteiger charge is 2.60. The van der Waals surface area contributed by atoms with Gasteiger partial charge < -0.3 is 29.2 Å². The number of alkyl halides is 2. The molecule has 2 aromatic heterocycles. The van der Waals surface area contributed by atoms with Gasteiger partial charge in [-0.2, -0.15) is 0 Å². The number of carbonyl (C=O) groups excluding carboxylic acids is 1. The van der Waals surface area contributed by atoms with Crippen LogP contribution in [0.5, 0.6) is 0 Å². The highest BCUT2D eigenvalue weighted by Crippen LogP contribution is 2.44. The van der Waals surface area contributed by atoms with Crippen LogP contribution in [0.1, 0.15) is 26.3 Å². The van der Waals surface area contributed by atoms with Crippen molar-refractivity contribution in [3.05, 3.63) is 66.2 Å². The smallest absolute Gasteiger partial charge is 0.424 e. The predicted molar refractivity (Wildman–Crippen MR) is 119 cm³/mol. The van der Waals surface area contributed by atoms with Gasteiger partial charge >= 0.3 is 17.5 Å². The van der Waals surface area contributed by atoms with Crippen molar-refractivity contribution in [3.8, 4) is 0 Å². The van der Waals surface area contributed by atoms with Crippen molar-refractivity contribution in [1.29, 1.82) is 0 Å². The Labute approximate surface area is 210 Å². The van der Waals surface area contributed by atoms with Crippen molar-refractivity contribution in [2.75, 3.05) is 13.2 Å². The SMILES string of the molecule is C[C@@]1(F)[C@H](OC(=O)O[C@@H]2[C@@H](CO)O[C@@H](n3ccc(=O)[nH]c3=O)[C@]2(C)F)[C@@H](CO)O[C@H]1n1ccc(=O)[nH]c1=O. The molecule has 0 spiro atoms. The number of aliphatic hydroxyl groups is 2. The standard InChI is InChI=1S/C21H24F2N4O11/c1-20(22)13(9(7-28)35-15(20)26-5-3-11(30)24-17(26)32)37-19(34)38-14-10(8-29)36-16(21(14,2)23)27-6-4-12(31)25-18(27)33/h3-6,9-10,13-16,28-29H,7-8H2,1-2H3,(H,24,30,32)(H,25,31,33)/t9-,10-,13-,14-,15-,16-,20-,21-/m1/s1. The molecule has 4 N–H and O–H groups in total. The summed E-state index contributed by atoms with van der Waals surface area (Å²) >= 11 is 0. The van der Waals surface area contributed by atoms with E-state index in [0.29, 0.717) is 9.13 Å². The third kappa shape index (κ3) is 4.68. The van der Waals surface area contributed by atoms with Crippen LogP contribution in [0.4, 0.5) is 13.6 Å². The molecule has 2 aliphatic heterocycles. The van der Waals surface area contributed by atoms with Crippen molar-refractivity contribution < 1.29 is 42.7 Å². The van der Waals surface area contributed by atoms with E-state index < -0.39 is 90.1 Å². The van der Waals surface area contributed by atoms with E-state index in [9.17, 15) is 34.2 Å². The summed E-state index contributed by atoms with van der Waals surface area (Å²) in [4.78, 5) is 63.5. The number of aromatic nitrogens is 4. The molecule has 4 rings (SSSR count). The van der Waals surface area contributed by atoms with Crippen molar-refractivity contribution in [3.63, 3.8) is 0 Å². The number of nitrogens with zero attached hydrogens (tertiary/aromatic N) is 2. The van der Waals surface area contributed by atoms with Gasteiger partial charge in [0.05, 0.1) is 13.2 Å². The van der Waals surface area contributed by atoms with Gasteiger partial charge in [0.25, 0.3) is 11.1 Å². The van der Waals surface area contributed by atoms with E-state index in [0.717, 1.165) is 38.4 Å². The summed E-state index contributed by atoms with van der Waals surface area (Å²) in [5.74, 6) is 0. The number of H-pyrrole nitrogens is 2. The lowest BCUT2D eigenvalue weighted by atomic mass is 9.98. The van der Waals surface area contributed by atoms with Gasteiger partial charge in [0.15, 0.2) is 36.0 Å². The first-order valence-electron chi connectivity index (χ1n) is 11.2. The maximum absolute atomic E-state index is 15.8. The molecule has 17 heteroatoms. The number of rotatable bonds is 6. The van der Waals surface area contributed by atoms with Gasteiger partial charge in [-0.05, 0) is 13.8 Å². The van der Waals surface area contributed by atoms with Crippen LogP contribution in [-0.4, -0.2) is 84.4 Å². The van der Waals surface area contributed by atoms with Crippen molar-refractivity contribution in [2.24, 2.45) is 0 Å². The number of carbonyl (C=O) groups is 1. The van der Waals surface area contributed by atoms with Crippen LogP contribution in [0.3, 0.4) is 0 Å². The largest absolute Gasteiger partial charge is 0.509 e. The van der Waals surface area contributed by atoms with E-state index in [4.69, 9.17) is 18.9 Å². The zero-order valence-corrected chi connectivity index (χ0v) is 19.9. The van der Waals surface area contributed by atoms with Gasteiger partial charge in [0, 0.05) is 24.5 Å². The summed E-state index contributed by atoms with van der Waals surface area (Å²) in [6.45, 7) is 0.0949. The molecule has 2 saturated heterocycles. The summed E-state index contributed by atoms with van der Waals surface area (Å²) in [6.07, 6.45) is -9.97. The Bertz CT molecular complexity index is 1330. The van der Waals surface area contributed by atoms with Crippen molar-refractivity contribution in [2.45, 2.75) is 62.1 Å². The van der Waals surface area contributed by atoms with Crippen LogP contribution in [0.25, 0.3) is 0 Å². The van der Waals surface area contributed by atoms with Crippen LogP contribution in [-0.2, 0) is 18.9 Å². The molecular weight excluding hydrogens is 522 g/mol. The Morgan fingerprint density at radius 2 is 1.24 bits per heavy atom. The molecule has 8 atom stereocenters. The summed E-state index contributed by atoms with van der Waals surface area (Å²) in [5.41, 5.74) is -8.90. The number of halogens is 2. The fraction of sp³-hybridized carbons (Fsp3) is 0.571. The van der Waals surface area contributed by atoms with Gasteiger partial charge in [-0.3, -0.25) is 28.7 Å². The molecule has 208 valence electrons. The van der Waals surface area contributed by atoms with Crippen LogP contribution in [0.15, 0.2) is 43.7 Å². The first-order chi connectivity index (χ1) is 17.8. The second-order valence-corrected chi connectivity index (χ2v) is 9.08. The summed E-state index contributed by atoms with van der Waals surface area (Å²) < 4.78 is 53.9. The zero-order chi connectivity index (χ0) is 28.0. The molecule has 38 heavy (non-hydrogen) atoms. The average Bonchev–Trinajstić information content (AvgIpc) is 3.23. The van der Waals surface area contributed by atoms with Gasteiger partial charge in [-0.1, -0.05) is 0 Å². The number of hydrogen-bond donors (Lipinski definition) is 4. The van der Waals surface area contributed by atoms with Gasteiger partial charge in [0.2, 0.25) is 0 Å². The summed E-state index contributed by atoms with van der Waals surface area (Å²) in [6, 6.07) is 1.86. The Kier molecular flexibility index (Phi) is 7.13. The zero-order valence-electron chi connectivity index (χ0n) is 19.9. The minimum Gasteiger partial charge on any atom is -0.424 e. The van der Waals surface area contributed by atoms with E-state index in [1.165, 1.54) is 0 Å².